The Balaban J connectivity index is 1.76. The van der Waals surface area contributed by atoms with E-state index in [1.165, 1.54) is 36.6 Å². The second kappa shape index (κ2) is 7.09. The minimum Gasteiger partial charge on any atom is -0.372 e. The summed E-state index contributed by atoms with van der Waals surface area (Å²) in [6.45, 7) is 0.235. The number of hydrogen-bond donors (Lipinski definition) is 3. The average molecular weight is 358 g/mol. The van der Waals surface area contributed by atoms with Gasteiger partial charge in [0, 0.05) is 18.7 Å². The van der Waals surface area contributed by atoms with Crippen LogP contribution in [0.2, 0.25) is 0 Å². The highest BCUT2D eigenvalue weighted by molar-refractivity contribution is 7.13. The van der Waals surface area contributed by atoms with Gasteiger partial charge in [-0.2, -0.15) is 5.10 Å². The van der Waals surface area contributed by atoms with Crippen LogP contribution in [0.3, 0.4) is 0 Å². The van der Waals surface area contributed by atoms with Crippen molar-refractivity contribution in [3.63, 3.8) is 0 Å². The Hall–Kier alpha value is -3.27. The molecule has 0 unspecified atom stereocenters. The topological polar surface area (TPSA) is 126 Å². The van der Waals surface area contributed by atoms with Gasteiger partial charge < -0.3 is 10.6 Å². The third kappa shape index (κ3) is 3.63. The molecule has 2 heterocycles. The lowest BCUT2D eigenvalue weighted by Gasteiger charge is -2.07. The van der Waals surface area contributed by atoms with Crippen molar-refractivity contribution < 1.29 is 9.72 Å². The SMILES string of the molecule is CNC(=O)c1ccc(NCc2nc(-c3cccs3)n[nH]2)c([N+](=O)[O-])c1. The highest BCUT2D eigenvalue weighted by Gasteiger charge is 2.17. The molecule has 0 atom stereocenters. The van der Waals surface area contributed by atoms with Crippen LogP contribution >= 0.6 is 11.3 Å². The Kier molecular flexibility index (Phi) is 4.70. The summed E-state index contributed by atoms with van der Waals surface area (Å²) in [7, 11) is 1.47. The number of rotatable bonds is 6. The van der Waals surface area contributed by atoms with E-state index in [1.807, 2.05) is 17.5 Å². The van der Waals surface area contributed by atoms with Crippen molar-refractivity contribution in [1.29, 1.82) is 0 Å². The van der Waals surface area contributed by atoms with Crippen LogP contribution in [0.4, 0.5) is 11.4 Å². The predicted molar refractivity (Wildman–Crippen MR) is 93.5 cm³/mol. The minimum absolute atomic E-state index is 0.181. The number of amides is 1. The summed E-state index contributed by atoms with van der Waals surface area (Å²) in [5.74, 6) is 0.745. The molecule has 0 bridgehead atoms. The monoisotopic (exact) mass is 358 g/mol. The molecule has 1 amide bonds. The second-order valence-corrected chi connectivity index (χ2v) is 5.95. The molecule has 0 fully saturated rings. The summed E-state index contributed by atoms with van der Waals surface area (Å²) in [5.41, 5.74) is 0.338. The van der Waals surface area contributed by atoms with Crippen molar-refractivity contribution in [3.8, 4) is 10.7 Å². The van der Waals surface area contributed by atoms with Gasteiger partial charge in [-0.15, -0.1) is 11.3 Å². The summed E-state index contributed by atoms with van der Waals surface area (Å²) in [5, 5.41) is 25.5. The van der Waals surface area contributed by atoms with E-state index < -0.39 is 4.92 Å². The molecule has 9 nitrogen and oxygen atoms in total. The predicted octanol–water partition coefficient (Wildman–Crippen LogP) is 2.41. The van der Waals surface area contributed by atoms with Crippen LogP contribution < -0.4 is 10.6 Å². The lowest BCUT2D eigenvalue weighted by molar-refractivity contribution is -0.384. The van der Waals surface area contributed by atoms with Crippen LogP contribution in [-0.4, -0.2) is 33.1 Å². The largest absolute Gasteiger partial charge is 0.372 e. The Morgan fingerprint density at radius 1 is 1.40 bits per heavy atom. The van der Waals surface area contributed by atoms with Gasteiger partial charge in [-0.25, -0.2) is 4.98 Å². The maximum absolute atomic E-state index is 11.6. The van der Waals surface area contributed by atoms with Crippen LogP contribution in [0, 0.1) is 10.1 Å². The highest BCUT2D eigenvalue weighted by Crippen LogP contribution is 2.26. The van der Waals surface area contributed by atoms with Crippen LogP contribution in [0.25, 0.3) is 10.7 Å². The number of carbonyl (C=O) groups is 1. The smallest absolute Gasteiger partial charge is 0.293 e. The molecule has 0 aliphatic carbocycles. The van der Waals surface area contributed by atoms with Gasteiger partial charge in [-0.3, -0.25) is 20.0 Å². The van der Waals surface area contributed by atoms with Crippen LogP contribution in [0.5, 0.6) is 0 Å². The molecule has 0 radical (unpaired) electrons. The average Bonchev–Trinajstić information content (AvgIpc) is 3.30. The number of aromatic nitrogens is 3. The third-order valence-electron chi connectivity index (χ3n) is 3.40. The molecule has 0 saturated carbocycles. The fourth-order valence-electron chi connectivity index (χ4n) is 2.19. The van der Waals surface area contributed by atoms with Crippen LogP contribution in [0.15, 0.2) is 35.7 Å². The molecule has 0 aliphatic rings. The number of benzene rings is 1. The van der Waals surface area contributed by atoms with Crippen LogP contribution in [0.1, 0.15) is 16.2 Å². The maximum atomic E-state index is 11.6. The van der Waals surface area contributed by atoms with Gasteiger partial charge in [0.25, 0.3) is 11.6 Å². The summed E-state index contributed by atoms with van der Waals surface area (Å²) in [4.78, 5) is 27.6. The van der Waals surface area contributed by atoms with Crippen molar-refractivity contribution in [2.45, 2.75) is 6.54 Å². The van der Waals surface area contributed by atoms with Gasteiger partial charge in [-0.05, 0) is 23.6 Å². The Morgan fingerprint density at radius 3 is 2.92 bits per heavy atom. The van der Waals surface area contributed by atoms with E-state index >= 15 is 0 Å². The van der Waals surface area contributed by atoms with E-state index in [0.717, 1.165) is 4.88 Å². The molecule has 2 aromatic heterocycles. The molecule has 0 aliphatic heterocycles. The number of nitro benzene ring substituents is 1. The minimum atomic E-state index is -0.535. The summed E-state index contributed by atoms with van der Waals surface area (Å²) < 4.78 is 0. The lowest BCUT2D eigenvalue weighted by atomic mass is 10.1. The second-order valence-electron chi connectivity index (χ2n) is 5.00. The van der Waals surface area contributed by atoms with Crippen molar-refractivity contribution in [3.05, 3.63) is 57.2 Å². The van der Waals surface area contributed by atoms with E-state index in [1.54, 1.807) is 0 Å². The molecule has 25 heavy (non-hydrogen) atoms. The fourth-order valence-corrected chi connectivity index (χ4v) is 2.84. The molecule has 3 N–H and O–H groups in total. The highest BCUT2D eigenvalue weighted by atomic mass is 32.1. The molecule has 3 aromatic rings. The number of thiophene rings is 1. The number of nitro groups is 1. The van der Waals surface area contributed by atoms with E-state index in [2.05, 4.69) is 25.8 Å². The summed E-state index contributed by atoms with van der Waals surface area (Å²) in [6, 6.07) is 8.07. The maximum Gasteiger partial charge on any atom is 0.293 e. The third-order valence-corrected chi connectivity index (χ3v) is 4.27. The van der Waals surface area contributed by atoms with E-state index in [4.69, 9.17) is 0 Å². The number of anilines is 1. The Labute approximate surface area is 146 Å². The number of carbonyl (C=O) groups excluding carboxylic acids is 1. The Bertz CT molecular complexity index is 906. The van der Waals surface area contributed by atoms with Gasteiger partial charge in [0.15, 0.2) is 5.82 Å². The molecule has 1 aromatic carbocycles. The number of H-pyrrole nitrogens is 1. The van der Waals surface area contributed by atoms with Gasteiger partial charge in [0.05, 0.1) is 16.3 Å². The first kappa shape index (κ1) is 16.6. The van der Waals surface area contributed by atoms with E-state index in [-0.39, 0.29) is 23.7 Å². The van der Waals surface area contributed by atoms with Crippen LogP contribution in [-0.2, 0) is 6.54 Å². The zero-order valence-corrected chi connectivity index (χ0v) is 14.0. The number of hydrogen-bond acceptors (Lipinski definition) is 7. The standard InChI is InChI=1S/C15H14N6O3S/c1-16-15(22)9-4-5-10(11(7-9)21(23)24)17-8-13-18-14(20-19-13)12-3-2-6-25-12/h2-7,17H,8H2,1H3,(H,16,22)(H,18,19,20). The van der Waals surface area contributed by atoms with Crippen molar-refractivity contribution in [1.82, 2.24) is 20.5 Å². The summed E-state index contributed by atoms with van der Waals surface area (Å²) >= 11 is 1.52. The zero-order valence-electron chi connectivity index (χ0n) is 13.1. The molecule has 3 rings (SSSR count). The normalized spacial score (nSPS) is 10.4. The quantitative estimate of drug-likeness (QED) is 0.459. The molecular formula is C15H14N6O3S. The van der Waals surface area contributed by atoms with Crippen molar-refractivity contribution in [2.24, 2.45) is 0 Å². The van der Waals surface area contributed by atoms with Gasteiger partial charge >= 0.3 is 0 Å². The number of nitrogens with one attached hydrogen (secondary N) is 3. The molecule has 0 spiro atoms. The molecule has 10 heteroatoms. The zero-order chi connectivity index (χ0) is 17.8. The Morgan fingerprint density at radius 2 is 2.24 bits per heavy atom. The molecular weight excluding hydrogens is 344 g/mol. The molecule has 128 valence electrons. The van der Waals surface area contributed by atoms with E-state index in [0.29, 0.717) is 17.3 Å². The van der Waals surface area contributed by atoms with Gasteiger partial charge in [-0.1, -0.05) is 6.07 Å². The molecule has 0 saturated heterocycles. The van der Waals surface area contributed by atoms with Gasteiger partial charge in [0.1, 0.15) is 11.5 Å². The first-order chi connectivity index (χ1) is 12.1. The van der Waals surface area contributed by atoms with Crippen molar-refractivity contribution >= 4 is 28.6 Å². The summed E-state index contributed by atoms with van der Waals surface area (Å²) in [6.07, 6.45) is 0. The van der Waals surface area contributed by atoms with Gasteiger partial charge in [0.2, 0.25) is 0 Å². The first-order valence-corrected chi connectivity index (χ1v) is 8.16. The van der Waals surface area contributed by atoms with Crippen molar-refractivity contribution in [2.75, 3.05) is 12.4 Å². The van der Waals surface area contributed by atoms with E-state index in [9.17, 15) is 14.9 Å². The number of nitrogens with zero attached hydrogens (tertiary/aromatic N) is 3. The first-order valence-electron chi connectivity index (χ1n) is 7.28. The fraction of sp³-hybridized carbons (Fsp3) is 0.133. The lowest BCUT2D eigenvalue weighted by Crippen LogP contribution is -2.18. The number of aromatic amines is 1.